The second-order valence-electron chi connectivity index (χ2n) is 10.7. The van der Waals surface area contributed by atoms with Crippen LogP contribution in [0.15, 0.2) is 30.5 Å². The van der Waals surface area contributed by atoms with Gasteiger partial charge in [0.15, 0.2) is 5.82 Å². The lowest BCUT2D eigenvalue weighted by atomic mass is 10.0. The molecule has 3 aliphatic rings. The number of carbonyl (C=O) groups excluding carboxylic acids is 2. The van der Waals surface area contributed by atoms with Crippen LogP contribution >= 0.6 is 0 Å². The van der Waals surface area contributed by atoms with Gasteiger partial charge < -0.3 is 25.3 Å². The maximum absolute atomic E-state index is 12.9. The van der Waals surface area contributed by atoms with Crippen molar-refractivity contribution in [2.45, 2.75) is 64.5 Å². The Labute approximate surface area is 219 Å². The van der Waals surface area contributed by atoms with E-state index in [9.17, 15) is 9.59 Å². The average molecular weight is 506 g/mol. The van der Waals surface area contributed by atoms with Crippen molar-refractivity contribution >= 4 is 35.0 Å². The molecule has 9 nitrogen and oxygen atoms in total. The topological polar surface area (TPSA) is 93.7 Å². The Hall–Kier alpha value is -3.20. The van der Waals surface area contributed by atoms with Crippen LogP contribution in [0, 0.1) is 5.92 Å². The normalized spacial score (nSPS) is 21.6. The van der Waals surface area contributed by atoms with E-state index in [-0.39, 0.29) is 23.8 Å². The van der Waals surface area contributed by atoms with E-state index in [2.05, 4.69) is 32.3 Å². The first-order valence-corrected chi connectivity index (χ1v) is 13.7. The standard InChI is InChI=1S/C28H39N7O2/c1-4-34-15-13-22(14-16-34)30-26(36)20-9-11-21(12-10-20)31-28-29-17-24-25(32-28)35(23-7-5-6-8-23)18-19(2)27(37)33(24)3/h9-12,17,19,22-23H,4-8,13-16,18H2,1-3H3,(H,30,36)(H,29,31,32). The summed E-state index contributed by atoms with van der Waals surface area (Å²) in [5.74, 6) is 1.26. The van der Waals surface area contributed by atoms with E-state index in [0.717, 1.165) is 62.5 Å². The van der Waals surface area contributed by atoms with Gasteiger partial charge in [-0.15, -0.1) is 0 Å². The van der Waals surface area contributed by atoms with Crippen molar-refractivity contribution in [3.8, 4) is 0 Å². The molecular formula is C28H39N7O2. The number of hydrogen-bond donors (Lipinski definition) is 2. The smallest absolute Gasteiger partial charge is 0.251 e. The van der Waals surface area contributed by atoms with Crippen molar-refractivity contribution < 1.29 is 9.59 Å². The van der Waals surface area contributed by atoms with Gasteiger partial charge in [0, 0.05) is 50.0 Å². The van der Waals surface area contributed by atoms with E-state index in [4.69, 9.17) is 4.98 Å². The van der Waals surface area contributed by atoms with Crippen molar-refractivity contribution in [2.24, 2.45) is 5.92 Å². The van der Waals surface area contributed by atoms with Gasteiger partial charge in [-0.3, -0.25) is 9.59 Å². The molecule has 1 saturated carbocycles. The van der Waals surface area contributed by atoms with Crippen LogP contribution in [0.5, 0.6) is 0 Å². The van der Waals surface area contributed by atoms with E-state index < -0.39 is 0 Å². The first-order chi connectivity index (χ1) is 17.9. The maximum atomic E-state index is 12.9. The number of amides is 2. The molecule has 3 heterocycles. The fourth-order valence-corrected chi connectivity index (χ4v) is 5.82. The fraction of sp³-hybridized carbons (Fsp3) is 0.571. The highest BCUT2D eigenvalue weighted by Gasteiger charge is 2.35. The Kier molecular flexibility index (Phi) is 7.60. The van der Waals surface area contributed by atoms with Crippen molar-refractivity contribution in [3.05, 3.63) is 36.0 Å². The molecule has 1 aliphatic carbocycles. The molecular weight excluding hydrogens is 466 g/mol. The van der Waals surface area contributed by atoms with Gasteiger partial charge in [0.1, 0.15) is 5.69 Å². The Morgan fingerprint density at radius 2 is 1.78 bits per heavy atom. The molecule has 37 heavy (non-hydrogen) atoms. The van der Waals surface area contributed by atoms with Gasteiger partial charge >= 0.3 is 0 Å². The summed E-state index contributed by atoms with van der Waals surface area (Å²) in [6, 6.07) is 8.07. The molecule has 1 aromatic carbocycles. The van der Waals surface area contributed by atoms with Crippen molar-refractivity contribution in [1.82, 2.24) is 20.2 Å². The highest BCUT2D eigenvalue weighted by atomic mass is 16.2. The monoisotopic (exact) mass is 505 g/mol. The number of nitrogens with zero attached hydrogens (tertiary/aromatic N) is 5. The lowest BCUT2D eigenvalue weighted by Gasteiger charge is -2.31. The molecule has 1 unspecified atom stereocenters. The molecule has 2 amide bonds. The first-order valence-electron chi connectivity index (χ1n) is 13.7. The molecule has 2 aromatic rings. The van der Waals surface area contributed by atoms with Crippen LogP contribution in [0.2, 0.25) is 0 Å². The predicted molar refractivity (Wildman–Crippen MR) is 147 cm³/mol. The molecule has 198 valence electrons. The minimum Gasteiger partial charge on any atom is -0.351 e. The summed E-state index contributed by atoms with van der Waals surface area (Å²) in [6.45, 7) is 7.97. The van der Waals surface area contributed by atoms with Gasteiger partial charge in [-0.25, -0.2) is 4.98 Å². The van der Waals surface area contributed by atoms with Crippen molar-refractivity contribution in [2.75, 3.05) is 48.3 Å². The summed E-state index contributed by atoms with van der Waals surface area (Å²) < 4.78 is 0. The number of carbonyl (C=O) groups is 2. The highest BCUT2D eigenvalue weighted by Crippen LogP contribution is 2.37. The van der Waals surface area contributed by atoms with E-state index in [1.807, 2.05) is 38.2 Å². The van der Waals surface area contributed by atoms with Crippen molar-refractivity contribution in [1.29, 1.82) is 0 Å². The van der Waals surface area contributed by atoms with E-state index >= 15 is 0 Å². The zero-order valence-corrected chi connectivity index (χ0v) is 22.2. The lowest BCUT2D eigenvalue weighted by Crippen LogP contribution is -2.44. The number of anilines is 4. The van der Waals surface area contributed by atoms with E-state index in [1.54, 1.807) is 11.1 Å². The van der Waals surface area contributed by atoms with Crippen LogP contribution in [0.25, 0.3) is 0 Å². The van der Waals surface area contributed by atoms with Crippen LogP contribution in [-0.4, -0.2) is 72.0 Å². The third kappa shape index (κ3) is 5.56. The molecule has 1 saturated heterocycles. The quantitative estimate of drug-likeness (QED) is 0.617. The Balaban J connectivity index is 1.29. The van der Waals surface area contributed by atoms with Gasteiger partial charge in [-0.1, -0.05) is 26.7 Å². The summed E-state index contributed by atoms with van der Waals surface area (Å²) in [4.78, 5) is 41.5. The van der Waals surface area contributed by atoms with Crippen LogP contribution in [0.3, 0.4) is 0 Å². The third-order valence-electron chi connectivity index (χ3n) is 8.14. The summed E-state index contributed by atoms with van der Waals surface area (Å²) >= 11 is 0. The largest absolute Gasteiger partial charge is 0.351 e. The Morgan fingerprint density at radius 1 is 1.08 bits per heavy atom. The number of hydrogen-bond acceptors (Lipinski definition) is 7. The molecule has 9 heteroatoms. The Morgan fingerprint density at radius 3 is 2.46 bits per heavy atom. The fourth-order valence-electron chi connectivity index (χ4n) is 5.82. The number of rotatable bonds is 6. The number of nitrogens with one attached hydrogen (secondary N) is 2. The summed E-state index contributed by atoms with van der Waals surface area (Å²) in [5.41, 5.74) is 2.21. The molecule has 0 spiro atoms. The minimum absolute atomic E-state index is 0.0307. The lowest BCUT2D eigenvalue weighted by molar-refractivity contribution is -0.121. The molecule has 1 aromatic heterocycles. The molecule has 1 atom stereocenters. The predicted octanol–water partition coefficient (Wildman–Crippen LogP) is 3.80. The van der Waals surface area contributed by atoms with Crippen molar-refractivity contribution in [3.63, 3.8) is 0 Å². The first kappa shape index (κ1) is 25.4. The summed E-state index contributed by atoms with van der Waals surface area (Å²) in [5, 5.41) is 6.48. The van der Waals surface area contributed by atoms with Crippen LogP contribution in [-0.2, 0) is 4.79 Å². The third-order valence-corrected chi connectivity index (χ3v) is 8.14. The molecule has 0 radical (unpaired) electrons. The molecule has 5 rings (SSSR count). The number of piperidine rings is 1. The van der Waals surface area contributed by atoms with Gasteiger partial charge in [0.25, 0.3) is 5.91 Å². The van der Waals surface area contributed by atoms with Crippen LogP contribution in [0.1, 0.15) is 62.7 Å². The van der Waals surface area contributed by atoms with Gasteiger partial charge in [0.2, 0.25) is 11.9 Å². The van der Waals surface area contributed by atoms with E-state index in [0.29, 0.717) is 24.1 Å². The zero-order valence-electron chi connectivity index (χ0n) is 22.2. The molecule has 2 fully saturated rings. The summed E-state index contributed by atoms with van der Waals surface area (Å²) in [7, 11) is 1.81. The van der Waals surface area contributed by atoms with Crippen LogP contribution in [0.4, 0.5) is 23.1 Å². The van der Waals surface area contributed by atoms with Crippen LogP contribution < -0.4 is 20.4 Å². The highest BCUT2D eigenvalue weighted by molar-refractivity contribution is 5.98. The summed E-state index contributed by atoms with van der Waals surface area (Å²) in [6.07, 6.45) is 8.40. The number of likely N-dealkylation sites (tertiary alicyclic amines) is 1. The number of benzene rings is 1. The van der Waals surface area contributed by atoms with Gasteiger partial charge in [0.05, 0.1) is 12.1 Å². The Bertz CT molecular complexity index is 1110. The molecule has 2 N–H and O–H groups in total. The van der Waals surface area contributed by atoms with Gasteiger partial charge in [-0.05, 0) is 56.5 Å². The SMILES string of the molecule is CCN1CCC(NC(=O)c2ccc(Nc3ncc4c(n3)N(C3CCCC3)CC(C)C(=O)N4C)cc2)CC1. The second kappa shape index (κ2) is 11.0. The molecule has 2 aliphatic heterocycles. The maximum Gasteiger partial charge on any atom is 0.251 e. The minimum atomic E-state index is -0.103. The average Bonchev–Trinajstić information content (AvgIpc) is 3.44. The zero-order chi connectivity index (χ0) is 25.9. The molecule has 0 bridgehead atoms. The van der Waals surface area contributed by atoms with Gasteiger partial charge in [-0.2, -0.15) is 4.98 Å². The second-order valence-corrected chi connectivity index (χ2v) is 10.7. The number of fused-ring (bicyclic) bond motifs is 1. The van der Waals surface area contributed by atoms with E-state index in [1.165, 1.54) is 12.8 Å². The number of aromatic nitrogens is 2.